The number of benzene rings is 4. The Bertz CT molecular complexity index is 2390. The molecule has 1 aliphatic heterocycles. The first kappa shape index (κ1) is 19.0. The first-order chi connectivity index (χ1) is 18.4. The molecule has 8 aromatic rings. The highest BCUT2D eigenvalue weighted by Gasteiger charge is 2.31. The van der Waals surface area contributed by atoms with Gasteiger partial charge in [0, 0.05) is 51.8 Å². The number of fused-ring (bicyclic) bond motifs is 16. The predicted molar refractivity (Wildman–Crippen MR) is 162 cm³/mol. The van der Waals surface area contributed by atoms with Gasteiger partial charge in [-0.3, -0.25) is 4.40 Å². The molecule has 0 saturated heterocycles. The Labute approximate surface area is 218 Å². The third-order valence-corrected chi connectivity index (χ3v) is 10.5. The molecule has 0 radical (unpaired) electrons. The molecule has 10 rings (SSSR count). The lowest BCUT2D eigenvalue weighted by molar-refractivity contribution is 1.11. The summed E-state index contributed by atoms with van der Waals surface area (Å²) < 4.78 is 7.87. The molecule has 3 nitrogen and oxygen atoms in total. The number of anilines is 1. The van der Waals surface area contributed by atoms with E-state index in [9.17, 15) is 0 Å². The van der Waals surface area contributed by atoms with E-state index in [1.165, 1.54) is 67.5 Å². The summed E-state index contributed by atoms with van der Waals surface area (Å²) >= 11 is 3.84. The Hall–Kier alpha value is -4.19. The number of hydrogen-bond donors (Lipinski definition) is 1. The Morgan fingerprint density at radius 3 is 2.22 bits per heavy atom. The molecular formula is C32H17N3S2. The molecule has 1 unspecified atom stereocenters. The monoisotopic (exact) mass is 507 g/mol. The minimum Gasteiger partial charge on any atom is -0.370 e. The smallest absolute Gasteiger partial charge is 0.162 e. The molecule has 5 heterocycles. The SMILES string of the molecule is C1=CC2=Nc3c(c4cccc5c6c7sc8ccccc8c7c7c8ccccc8sc7c6n3c45)NC2C=C1. The Balaban J connectivity index is 1.55. The van der Waals surface area contributed by atoms with Crippen LogP contribution in [0.1, 0.15) is 0 Å². The van der Waals surface area contributed by atoms with Crippen LogP contribution in [-0.4, -0.2) is 16.2 Å². The van der Waals surface area contributed by atoms with Crippen LogP contribution in [0.25, 0.3) is 67.5 Å². The second-order valence-corrected chi connectivity index (χ2v) is 12.1. The first-order valence-corrected chi connectivity index (χ1v) is 14.2. The van der Waals surface area contributed by atoms with Crippen molar-refractivity contribution in [1.82, 2.24) is 4.40 Å². The van der Waals surface area contributed by atoms with Crippen molar-refractivity contribution in [3.63, 3.8) is 0 Å². The quantitative estimate of drug-likeness (QED) is 0.218. The van der Waals surface area contributed by atoms with Crippen LogP contribution in [0.5, 0.6) is 0 Å². The van der Waals surface area contributed by atoms with Gasteiger partial charge >= 0.3 is 0 Å². The van der Waals surface area contributed by atoms with Gasteiger partial charge in [-0.15, -0.1) is 22.7 Å². The van der Waals surface area contributed by atoms with E-state index in [4.69, 9.17) is 4.99 Å². The van der Waals surface area contributed by atoms with Crippen molar-refractivity contribution in [2.24, 2.45) is 4.99 Å². The zero-order chi connectivity index (χ0) is 23.8. The third kappa shape index (κ3) is 2.14. The van der Waals surface area contributed by atoms with Crippen LogP contribution < -0.4 is 5.32 Å². The molecule has 0 bridgehead atoms. The number of para-hydroxylation sites is 1. The van der Waals surface area contributed by atoms with Crippen LogP contribution in [0.2, 0.25) is 0 Å². The van der Waals surface area contributed by atoms with Crippen molar-refractivity contribution >= 4 is 107 Å². The van der Waals surface area contributed by atoms with Crippen LogP contribution in [0.15, 0.2) is 96.0 Å². The van der Waals surface area contributed by atoms with E-state index in [1.54, 1.807) is 0 Å². The van der Waals surface area contributed by atoms with Gasteiger partial charge in [-0.25, -0.2) is 4.99 Å². The summed E-state index contributed by atoms with van der Waals surface area (Å²) in [5, 5.41) is 13.2. The number of hydrogen-bond acceptors (Lipinski definition) is 4. The van der Waals surface area contributed by atoms with E-state index in [0.29, 0.717) is 0 Å². The van der Waals surface area contributed by atoms with Crippen molar-refractivity contribution in [2.45, 2.75) is 6.04 Å². The first-order valence-electron chi connectivity index (χ1n) is 12.5. The van der Waals surface area contributed by atoms with Crippen LogP contribution in [-0.2, 0) is 0 Å². The number of aromatic nitrogens is 1. The van der Waals surface area contributed by atoms with Gasteiger partial charge < -0.3 is 5.32 Å². The lowest BCUT2D eigenvalue weighted by Gasteiger charge is -2.23. The van der Waals surface area contributed by atoms with Gasteiger partial charge in [-0.1, -0.05) is 72.8 Å². The van der Waals surface area contributed by atoms with Gasteiger partial charge in [-0.2, -0.15) is 0 Å². The third-order valence-electron chi connectivity index (χ3n) is 8.11. The standard InChI is InChI=1S/C32H17N3S2/c1-5-14-22-16(8-1)24-25-17-9-2-6-15-23(17)37-31(25)29-26(30(24)36-22)18-10-7-11-19-27-32(35(29)28(18)19)34-21-13-4-3-12-20(21)33-27/h1-15,20,33H. The number of aliphatic imine (C=N–C) groups is 1. The molecule has 0 amide bonds. The molecule has 0 spiro atoms. The minimum atomic E-state index is 0.119. The van der Waals surface area contributed by atoms with Crippen molar-refractivity contribution in [2.75, 3.05) is 5.32 Å². The molecule has 2 aliphatic rings. The normalized spacial score (nSPS) is 17.1. The number of thiophene rings is 2. The largest absolute Gasteiger partial charge is 0.370 e. The maximum Gasteiger partial charge on any atom is 0.162 e. The van der Waals surface area contributed by atoms with Crippen LogP contribution >= 0.6 is 22.7 Å². The number of nitrogens with zero attached hydrogens (tertiary/aromatic N) is 2. The fourth-order valence-corrected chi connectivity index (χ4v) is 9.16. The molecule has 0 fully saturated rings. The van der Waals surface area contributed by atoms with Gasteiger partial charge in [0.25, 0.3) is 0 Å². The average Bonchev–Trinajstić information content (AvgIpc) is 3.68. The summed E-state index contributed by atoms with van der Waals surface area (Å²) in [5.41, 5.74) is 4.78. The van der Waals surface area contributed by atoms with E-state index in [2.05, 4.69) is 101 Å². The Kier molecular flexibility index (Phi) is 3.27. The molecule has 1 atom stereocenters. The number of nitrogens with one attached hydrogen (secondary N) is 1. The van der Waals surface area contributed by atoms with E-state index in [-0.39, 0.29) is 6.04 Å². The average molecular weight is 508 g/mol. The zero-order valence-corrected chi connectivity index (χ0v) is 21.1. The molecule has 4 aromatic carbocycles. The van der Waals surface area contributed by atoms with E-state index >= 15 is 0 Å². The van der Waals surface area contributed by atoms with Crippen LogP contribution in [0.4, 0.5) is 11.5 Å². The van der Waals surface area contributed by atoms with E-state index < -0.39 is 0 Å². The minimum absolute atomic E-state index is 0.119. The summed E-state index contributed by atoms with van der Waals surface area (Å²) in [7, 11) is 0. The van der Waals surface area contributed by atoms with Crippen molar-refractivity contribution in [3.8, 4) is 0 Å². The van der Waals surface area contributed by atoms with Crippen molar-refractivity contribution < 1.29 is 0 Å². The highest BCUT2D eigenvalue weighted by atomic mass is 32.1. The topological polar surface area (TPSA) is 28.8 Å². The summed E-state index contributed by atoms with van der Waals surface area (Å²) in [6.45, 7) is 0. The molecule has 0 saturated carbocycles. The lowest BCUT2D eigenvalue weighted by atomic mass is 10.0. The highest BCUT2D eigenvalue weighted by molar-refractivity contribution is 7.29. The Morgan fingerprint density at radius 1 is 0.676 bits per heavy atom. The zero-order valence-electron chi connectivity index (χ0n) is 19.4. The van der Waals surface area contributed by atoms with Gasteiger partial charge in [0.05, 0.1) is 33.2 Å². The molecule has 1 aliphatic carbocycles. The second-order valence-electron chi connectivity index (χ2n) is 9.97. The molecule has 5 heteroatoms. The summed E-state index contributed by atoms with van der Waals surface area (Å²) in [6.07, 6.45) is 8.51. The summed E-state index contributed by atoms with van der Waals surface area (Å²) in [4.78, 5) is 5.28. The molecule has 172 valence electrons. The lowest BCUT2D eigenvalue weighted by Crippen LogP contribution is -2.29. The number of rotatable bonds is 0. The van der Waals surface area contributed by atoms with E-state index in [1.807, 2.05) is 22.7 Å². The summed E-state index contributed by atoms with van der Waals surface area (Å²) in [5.74, 6) is 1.02. The molecule has 4 aromatic heterocycles. The van der Waals surface area contributed by atoms with Gasteiger partial charge in [-0.05, 0) is 18.2 Å². The second kappa shape index (κ2) is 6.38. The molecular weight excluding hydrogens is 491 g/mol. The van der Waals surface area contributed by atoms with Crippen molar-refractivity contribution in [1.29, 1.82) is 0 Å². The van der Waals surface area contributed by atoms with Crippen LogP contribution in [0.3, 0.4) is 0 Å². The Morgan fingerprint density at radius 2 is 1.38 bits per heavy atom. The molecule has 37 heavy (non-hydrogen) atoms. The highest BCUT2D eigenvalue weighted by Crippen LogP contribution is 2.54. The fourth-order valence-electron chi connectivity index (χ4n) is 6.64. The van der Waals surface area contributed by atoms with Gasteiger partial charge in [0.15, 0.2) is 5.82 Å². The number of allylic oxidation sites excluding steroid dienone is 2. The maximum atomic E-state index is 5.28. The van der Waals surface area contributed by atoms with Gasteiger partial charge in [0.1, 0.15) is 0 Å². The fraction of sp³-hybridized carbons (Fsp3) is 0.0312. The maximum absolute atomic E-state index is 5.28. The van der Waals surface area contributed by atoms with Crippen molar-refractivity contribution in [3.05, 3.63) is 91.0 Å². The van der Waals surface area contributed by atoms with Crippen LogP contribution in [0, 0.1) is 0 Å². The van der Waals surface area contributed by atoms with E-state index in [0.717, 1.165) is 17.2 Å². The van der Waals surface area contributed by atoms with Gasteiger partial charge in [0.2, 0.25) is 0 Å². The predicted octanol–water partition coefficient (Wildman–Crippen LogP) is 9.41. The summed E-state index contributed by atoms with van der Waals surface area (Å²) in [6, 6.07) is 24.7. The molecule has 1 N–H and O–H groups in total.